The highest BCUT2D eigenvalue weighted by molar-refractivity contribution is 6.31. The van der Waals surface area contributed by atoms with Crippen LogP contribution in [0.2, 0.25) is 5.02 Å². The fraction of sp³-hybridized carbons (Fsp3) is 0.0556. The van der Waals surface area contributed by atoms with Crippen molar-refractivity contribution in [1.82, 2.24) is 0 Å². The predicted molar refractivity (Wildman–Crippen MR) is 91.3 cm³/mol. The zero-order valence-electron chi connectivity index (χ0n) is 13.0. The Balaban J connectivity index is 1.89. The number of halogens is 5. The molecular weight excluding hydrogens is 372 g/mol. The molecule has 0 atom stereocenters. The van der Waals surface area contributed by atoms with Gasteiger partial charge in [-0.2, -0.15) is 13.2 Å². The Morgan fingerprint density at radius 2 is 1.50 bits per heavy atom. The number of carbonyl (C=O) groups is 1. The summed E-state index contributed by atoms with van der Waals surface area (Å²) in [5.41, 5.74) is 0.0996. The summed E-state index contributed by atoms with van der Waals surface area (Å²) in [6.07, 6.45) is -4.62. The summed E-state index contributed by atoms with van der Waals surface area (Å²) < 4.78 is 51.8. The van der Waals surface area contributed by atoms with Crippen LogP contribution in [0.5, 0.6) is 0 Å². The fourth-order valence-corrected chi connectivity index (χ4v) is 2.59. The van der Waals surface area contributed by atoms with Crippen LogP contribution in [-0.2, 0) is 11.0 Å². The van der Waals surface area contributed by atoms with E-state index in [1.54, 1.807) is 0 Å². The first kappa shape index (κ1) is 18.0. The lowest BCUT2D eigenvalue weighted by molar-refractivity contribution is -0.137. The summed E-state index contributed by atoms with van der Waals surface area (Å²) in [6.45, 7) is 3.61. The number of carbonyl (C=O) groups excluding carboxylic acids is 1. The molecule has 0 aromatic heterocycles. The molecule has 0 saturated heterocycles. The first-order chi connectivity index (χ1) is 12.2. The molecule has 0 heterocycles. The summed E-state index contributed by atoms with van der Waals surface area (Å²) in [7, 11) is 0. The Bertz CT molecular complexity index is 933. The van der Waals surface area contributed by atoms with Crippen LogP contribution in [0.3, 0.4) is 0 Å². The van der Waals surface area contributed by atoms with E-state index in [1.807, 2.05) is 0 Å². The van der Waals surface area contributed by atoms with Crippen molar-refractivity contribution < 1.29 is 22.4 Å². The number of anilines is 2. The third-order valence-corrected chi connectivity index (χ3v) is 4.04. The van der Waals surface area contributed by atoms with Gasteiger partial charge in [-0.15, -0.1) is 0 Å². The van der Waals surface area contributed by atoms with Crippen LogP contribution in [-0.4, -0.2) is 5.78 Å². The van der Waals surface area contributed by atoms with E-state index in [4.69, 9.17) is 11.6 Å². The first-order valence-electron chi connectivity index (χ1n) is 7.31. The van der Waals surface area contributed by atoms with Crippen LogP contribution >= 0.6 is 11.6 Å². The van der Waals surface area contributed by atoms with Crippen LogP contribution in [0.1, 0.15) is 5.56 Å². The van der Waals surface area contributed by atoms with Crippen molar-refractivity contribution in [1.29, 1.82) is 0 Å². The minimum Gasteiger partial charge on any atom is -0.353 e. The molecule has 2 aromatic rings. The van der Waals surface area contributed by atoms with Crippen LogP contribution in [0, 0.1) is 5.82 Å². The molecule has 0 bridgehead atoms. The highest BCUT2D eigenvalue weighted by atomic mass is 35.5. The molecule has 134 valence electrons. The lowest BCUT2D eigenvalue weighted by Crippen LogP contribution is -2.31. The van der Waals surface area contributed by atoms with Gasteiger partial charge in [0, 0.05) is 16.9 Å². The maximum Gasteiger partial charge on any atom is 0.417 e. The molecule has 0 fully saturated rings. The second kappa shape index (κ2) is 6.49. The molecule has 8 heteroatoms. The molecule has 2 aromatic carbocycles. The first-order valence-corrected chi connectivity index (χ1v) is 7.69. The number of alkyl halides is 3. The maximum absolute atomic E-state index is 13.0. The number of Topliss-reactive ketones (excluding diaryl/α,β-unsaturated/α-hetero) is 1. The van der Waals surface area contributed by atoms with Crippen molar-refractivity contribution in [3.63, 3.8) is 0 Å². The van der Waals surface area contributed by atoms with Gasteiger partial charge in [-0.25, -0.2) is 4.39 Å². The van der Waals surface area contributed by atoms with Gasteiger partial charge in [-0.3, -0.25) is 4.79 Å². The van der Waals surface area contributed by atoms with E-state index in [1.165, 1.54) is 30.3 Å². The minimum absolute atomic E-state index is 0.0518. The van der Waals surface area contributed by atoms with Gasteiger partial charge in [0.1, 0.15) is 11.5 Å². The van der Waals surface area contributed by atoms with Crippen molar-refractivity contribution in [2.24, 2.45) is 0 Å². The van der Waals surface area contributed by atoms with Crippen LogP contribution in [0.25, 0.3) is 0 Å². The van der Waals surface area contributed by atoms with Crippen molar-refractivity contribution in [3.05, 3.63) is 82.4 Å². The van der Waals surface area contributed by atoms with E-state index >= 15 is 0 Å². The fourth-order valence-electron chi connectivity index (χ4n) is 2.37. The molecule has 2 N–H and O–H groups in total. The molecule has 26 heavy (non-hydrogen) atoms. The summed E-state index contributed by atoms with van der Waals surface area (Å²) in [5, 5.41) is 5.11. The predicted octanol–water partition coefficient (Wildman–Crippen LogP) is 5.37. The normalized spacial score (nSPS) is 14.3. The van der Waals surface area contributed by atoms with Crippen molar-refractivity contribution in [2.75, 3.05) is 10.6 Å². The largest absolute Gasteiger partial charge is 0.417 e. The molecule has 0 saturated carbocycles. The third kappa shape index (κ3) is 3.43. The standard InChI is InChI=1S/C18H11ClF4N2O/c1-9-15(24-11-4-2-10(20)3-5-11)16(17(9)26)25-12-6-7-14(19)13(8-12)18(21,22)23/h2-8,24-25H,1H2. The van der Waals surface area contributed by atoms with Crippen LogP contribution in [0.4, 0.5) is 28.9 Å². The Hall–Kier alpha value is -2.80. The van der Waals surface area contributed by atoms with E-state index in [0.717, 1.165) is 12.1 Å². The highest BCUT2D eigenvalue weighted by Gasteiger charge is 2.35. The number of allylic oxidation sites excluding steroid dienone is 2. The number of benzene rings is 2. The Morgan fingerprint density at radius 1 is 0.923 bits per heavy atom. The van der Waals surface area contributed by atoms with Crippen molar-refractivity contribution in [3.8, 4) is 0 Å². The lowest BCUT2D eigenvalue weighted by Gasteiger charge is -2.27. The molecule has 3 rings (SSSR count). The number of nitrogens with one attached hydrogen (secondary N) is 2. The second-order valence-electron chi connectivity index (χ2n) is 5.51. The summed E-state index contributed by atoms with van der Waals surface area (Å²) in [5.74, 6) is -0.856. The minimum atomic E-state index is -4.62. The van der Waals surface area contributed by atoms with E-state index in [2.05, 4.69) is 17.2 Å². The van der Waals surface area contributed by atoms with Gasteiger partial charge in [-0.1, -0.05) is 18.2 Å². The molecule has 3 nitrogen and oxygen atoms in total. The van der Waals surface area contributed by atoms with Gasteiger partial charge >= 0.3 is 6.18 Å². The zero-order chi connectivity index (χ0) is 19.1. The molecule has 1 aliphatic rings. The summed E-state index contributed by atoms with van der Waals surface area (Å²) in [4.78, 5) is 12.0. The molecule has 1 aliphatic carbocycles. The molecule has 0 aliphatic heterocycles. The number of hydrogen-bond acceptors (Lipinski definition) is 3. The smallest absolute Gasteiger partial charge is 0.353 e. The average Bonchev–Trinajstić information content (AvgIpc) is 2.59. The quantitative estimate of drug-likeness (QED) is 0.551. The molecule has 0 spiro atoms. The maximum atomic E-state index is 13.0. The summed E-state index contributed by atoms with van der Waals surface area (Å²) in [6, 6.07) is 8.62. The molecular formula is C18H11ClF4N2O. The number of rotatable bonds is 4. The molecule has 0 amide bonds. The van der Waals surface area contributed by atoms with Gasteiger partial charge in [0.25, 0.3) is 0 Å². The monoisotopic (exact) mass is 382 g/mol. The molecule has 0 unspecified atom stereocenters. The SMILES string of the molecule is C=C1C(=O)C(Nc2ccc(Cl)c(C(F)(F)F)c2)=C1Nc1ccc(F)cc1. The van der Waals surface area contributed by atoms with E-state index < -0.39 is 28.4 Å². The van der Waals surface area contributed by atoms with Crippen molar-refractivity contribution in [2.45, 2.75) is 6.18 Å². The average molecular weight is 383 g/mol. The van der Waals surface area contributed by atoms with Gasteiger partial charge in [-0.05, 0) is 42.5 Å². The number of ketones is 1. The Kier molecular flexibility index (Phi) is 4.50. The van der Waals surface area contributed by atoms with Crippen LogP contribution in [0.15, 0.2) is 66.0 Å². The van der Waals surface area contributed by atoms with Crippen molar-refractivity contribution >= 4 is 28.8 Å². The van der Waals surface area contributed by atoms with Gasteiger partial charge in [0.2, 0.25) is 5.78 Å². The third-order valence-electron chi connectivity index (χ3n) is 3.71. The van der Waals surface area contributed by atoms with Gasteiger partial charge < -0.3 is 10.6 Å². The van der Waals surface area contributed by atoms with Gasteiger partial charge in [0.15, 0.2) is 0 Å². The number of hydrogen-bond donors (Lipinski definition) is 2. The zero-order valence-corrected chi connectivity index (χ0v) is 13.8. The second-order valence-corrected chi connectivity index (χ2v) is 5.91. The van der Waals surface area contributed by atoms with Crippen LogP contribution < -0.4 is 10.6 Å². The van der Waals surface area contributed by atoms with Gasteiger partial charge in [0.05, 0.1) is 16.3 Å². The van der Waals surface area contributed by atoms with E-state index in [9.17, 15) is 22.4 Å². The topological polar surface area (TPSA) is 41.1 Å². The Morgan fingerprint density at radius 3 is 2.12 bits per heavy atom. The van der Waals surface area contributed by atoms with E-state index in [0.29, 0.717) is 11.4 Å². The Labute approximate surface area is 151 Å². The molecule has 0 radical (unpaired) electrons. The lowest BCUT2D eigenvalue weighted by atomic mass is 9.92. The van der Waals surface area contributed by atoms with E-state index in [-0.39, 0.29) is 17.0 Å². The highest BCUT2D eigenvalue weighted by Crippen LogP contribution is 2.37. The summed E-state index contributed by atoms with van der Waals surface area (Å²) >= 11 is 5.58.